The van der Waals surface area contributed by atoms with Crippen molar-refractivity contribution in [3.63, 3.8) is 0 Å². The highest BCUT2D eigenvalue weighted by molar-refractivity contribution is 6.30. The van der Waals surface area contributed by atoms with Crippen LogP contribution in [-0.4, -0.2) is 22.8 Å². The Morgan fingerprint density at radius 2 is 1.76 bits per heavy atom. The fourth-order valence-corrected chi connectivity index (χ4v) is 2.63. The number of pyridine rings is 1. The minimum Gasteiger partial charge on any atom is -0.451 e. The van der Waals surface area contributed by atoms with Gasteiger partial charge in [0.2, 0.25) is 11.3 Å². The van der Waals surface area contributed by atoms with Crippen molar-refractivity contribution in [3.05, 3.63) is 81.1 Å². The summed E-state index contributed by atoms with van der Waals surface area (Å²) in [6.45, 7) is 1.49. The molecular formula is C19H14ClNO4. The molecule has 6 heteroatoms. The lowest BCUT2D eigenvalue weighted by Gasteiger charge is -2.13. The lowest BCUT2D eigenvalue weighted by molar-refractivity contribution is 0.0320. The van der Waals surface area contributed by atoms with Gasteiger partial charge in [0, 0.05) is 27.6 Å². The Kier molecular flexibility index (Phi) is 4.67. The maximum atomic E-state index is 12.5. The Bertz CT molecular complexity index is 1010. The molecular weight excluding hydrogens is 342 g/mol. The fourth-order valence-electron chi connectivity index (χ4n) is 2.50. The first-order valence-corrected chi connectivity index (χ1v) is 7.96. The first-order chi connectivity index (χ1) is 12.0. The Hall–Kier alpha value is -2.92. The lowest BCUT2D eigenvalue weighted by Crippen LogP contribution is -2.25. The van der Waals surface area contributed by atoms with E-state index >= 15 is 0 Å². The van der Waals surface area contributed by atoms with Crippen LogP contribution in [0, 0.1) is 0 Å². The number of benzene rings is 2. The number of carbonyl (C=O) groups is 2. The van der Waals surface area contributed by atoms with Crippen molar-refractivity contribution in [3.8, 4) is 0 Å². The second-order valence-corrected chi connectivity index (χ2v) is 5.95. The average Bonchev–Trinajstić information content (AvgIpc) is 2.60. The van der Waals surface area contributed by atoms with E-state index in [4.69, 9.17) is 16.3 Å². The van der Waals surface area contributed by atoms with E-state index in [9.17, 15) is 14.4 Å². The number of halogens is 1. The number of ether oxygens (including phenoxy) is 1. The highest BCUT2D eigenvalue weighted by Gasteiger charge is 2.22. The largest absolute Gasteiger partial charge is 0.451 e. The summed E-state index contributed by atoms with van der Waals surface area (Å²) in [5.41, 5.74) is 0.622. The molecule has 0 fully saturated rings. The molecule has 1 heterocycles. The maximum Gasteiger partial charge on any atom is 0.339 e. The Morgan fingerprint density at radius 3 is 2.48 bits per heavy atom. The molecule has 0 aliphatic rings. The van der Waals surface area contributed by atoms with Gasteiger partial charge in [-0.05, 0) is 37.3 Å². The van der Waals surface area contributed by atoms with Crippen LogP contribution in [0.1, 0.15) is 27.6 Å². The van der Waals surface area contributed by atoms with E-state index in [1.54, 1.807) is 48.5 Å². The molecule has 1 atom stereocenters. The summed E-state index contributed by atoms with van der Waals surface area (Å²) < 4.78 is 5.27. The average molecular weight is 356 g/mol. The molecule has 1 unspecified atom stereocenters. The summed E-state index contributed by atoms with van der Waals surface area (Å²) in [6.07, 6.45) is -0.994. The van der Waals surface area contributed by atoms with Crippen LogP contribution in [0.4, 0.5) is 0 Å². The summed E-state index contributed by atoms with van der Waals surface area (Å²) in [6, 6.07) is 14.4. The van der Waals surface area contributed by atoms with E-state index in [0.29, 0.717) is 21.5 Å². The number of rotatable bonds is 4. The number of aromatic amines is 1. The van der Waals surface area contributed by atoms with Crippen molar-refractivity contribution in [1.82, 2.24) is 4.98 Å². The molecule has 5 nitrogen and oxygen atoms in total. The van der Waals surface area contributed by atoms with Gasteiger partial charge < -0.3 is 9.72 Å². The van der Waals surface area contributed by atoms with Gasteiger partial charge in [0.15, 0.2) is 6.10 Å². The number of Topliss-reactive ketones (excluding diaryl/α,β-unsaturated/α-hetero) is 1. The van der Waals surface area contributed by atoms with Crippen molar-refractivity contribution < 1.29 is 14.3 Å². The van der Waals surface area contributed by atoms with Crippen LogP contribution in [0.15, 0.2) is 59.4 Å². The summed E-state index contributed by atoms with van der Waals surface area (Å²) >= 11 is 5.80. The molecule has 126 valence electrons. The summed E-state index contributed by atoms with van der Waals surface area (Å²) in [4.78, 5) is 39.2. The number of nitrogens with one attached hydrogen (secondary N) is 1. The van der Waals surface area contributed by atoms with Crippen molar-refractivity contribution in [2.75, 3.05) is 0 Å². The van der Waals surface area contributed by atoms with Gasteiger partial charge in [-0.3, -0.25) is 9.59 Å². The van der Waals surface area contributed by atoms with Gasteiger partial charge in [-0.25, -0.2) is 4.79 Å². The van der Waals surface area contributed by atoms with Gasteiger partial charge in [0.25, 0.3) is 0 Å². The van der Waals surface area contributed by atoms with Crippen LogP contribution in [0.2, 0.25) is 5.02 Å². The number of para-hydroxylation sites is 1. The summed E-state index contributed by atoms with van der Waals surface area (Å²) in [5, 5.41) is 1.06. The standard InChI is InChI=1S/C19H14ClNO4/c1-11(18(23)12-6-8-13(20)9-7-12)25-19(24)15-10-17(22)21-16-5-3-2-4-14(15)16/h2-11H,1H3,(H,21,22). The van der Waals surface area contributed by atoms with E-state index in [2.05, 4.69) is 4.98 Å². The Balaban J connectivity index is 1.86. The second kappa shape index (κ2) is 6.91. The van der Waals surface area contributed by atoms with Crippen molar-refractivity contribution in [2.45, 2.75) is 13.0 Å². The number of hydrogen-bond acceptors (Lipinski definition) is 4. The first kappa shape index (κ1) is 16.9. The predicted molar refractivity (Wildman–Crippen MR) is 95.2 cm³/mol. The molecule has 1 N–H and O–H groups in total. The van der Waals surface area contributed by atoms with Gasteiger partial charge >= 0.3 is 5.97 Å². The molecule has 0 aliphatic carbocycles. The van der Waals surface area contributed by atoms with Gasteiger partial charge in [0.1, 0.15) is 0 Å². The van der Waals surface area contributed by atoms with E-state index in [1.807, 2.05) is 0 Å². The molecule has 0 saturated carbocycles. The van der Waals surface area contributed by atoms with E-state index in [-0.39, 0.29) is 11.3 Å². The second-order valence-electron chi connectivity index (χ2n) is 5.51. The number of hydrogen-bond donors (Lipinski definition) is 1. The fraction of sp³-hybridized carbons (Fsp3) is 0.105. The van der Waals surface area contributed by atoms with Crippen LogP contribution in [-0.2, 0) is 4.74 Å². The van der Waals surface area contributed by atoms with Gasteiger partial charge in [-0.15, -0.1) is 0 Å². The zero-order valence-electron chi connectivity index (χ0n) is 13.3. The quantitative estimate of drug-likeness (QED) is 0.573. The number of esters is 1. The number of aromatic nitrogens is 1. The zero-order valence-corrected chi connectivity index (χ0v) is 14.0. The smallest absolute Gasteiger partial charge is 0.339 e. The maximum absolute atomic E-state index is 12.5. The van der Waals surface area contributed by atoms with Crippen LogP contribution >= 0.6 is 11.6 Å². The first-order valence-electron chi connectivity index (χ1n) is 7.58. The molecule has 0 aliphatic heterocycles. The molecule has 0 bridgehead atoms. The molecule has 1 aromatic heterocycles. The highest BCUT2D eigenvalue weighted by atomic mass is 35.5. The van der Waals surface area contributed by atoms with Crippen LogP contribution < -0.4 is 5.56 Å². The van der Waals surface area contributed by atoms with Crippen molar-refractivity contribution in [1.29, 1.82) is 0 Å². The molecule has 3 aromatic rings. The molecule has 0 radical (unpaired) electrons. The molecule has 0 spiro atoms. The van der Waals surface area contributed by atoms with Crippen LogP contribution in [0.3, 0.4) is 0 Å². The third-order valence-corrected chi connectivity index (χ3v) is 4.00. The Labute approximate surface area is 148 Å². The number of H-pyrrole nitrogens is 1. The predicted octanol–water partition coefficient (Wildman–Crippen LogP) is 3.61. The summed E-state index contributed by atoms with van der Waals surface area (Å²) in [5.74, 6) is -1.07. The monoisotopic (exact) mass is 355 g/mol. The van der Waals surface area contributed by atoms with E-state index in [0.717, 1.165) is 0 Å². The Morgan fingerprint density at radius 1 is 1.08 bits per heavy atom. The van der Waals surface area contributed by atoms with Gasteiger partial charge in [0.05, 0.1) is 5.56 Å². The third kappa shape index (κ3) is 3.61. The highest BCUT2D eigenvalue weighted by Crippen LogP contribution is 2.17. The SMILES string of the molecule is CC(OC(=O)c1cc(=O)[nH]c2ccccc12)C(=O)c1ccc(Cl)cc1. The number of ketones is 1. The van der Waals surface area contributed by atoms with Gasteiger partial charge in [-0.1, -0.05) is 29.8 Å². The van der Waals surface area contributed by atoms with Crippen molar-refractivity contribution >= 4 is 34.3 Å². The molecule has 2 aromatic carbocycles. The minimum atomic E-state index is -0.994. The van der Waals surface area contributed by atoms with Crippen molar-refractivity contribution in [2.24, 2.45) is 0 Å². The lowest BCUT2D eigenvalue weighted by atomic mass is 10.1. The number of carbonyl (C=O) groups excluding carboxylic acids is 2. The van der Waals surface area contributed by atoms with Crippen LogP contribution in [0.5, 0.6) is 0 Å². The molecule has 25 heavy (non-hydrogen) atoms. The topological polar surface area (TPSA) is 76.2 Å². The zero-order chi connectivity index (χ0) is 18.0. The van der Waals surface area contributed by atoms with E-state index in [1.165, 1.54) is 13.0 Å². The molecule has 0 amide bonds. The summed E-state index contributed by atoms with van der Waals surface area (Å²) in [7, 11) is 0. The van der Waals surface area contributed by atoms with E-state index < -0.39 is 17.6 Å². The molecule has 0 saturated heterocycles. The normalized spacial score (nSPS) is 11.9. The third-order valence-electron chi connectivity index (χ3n) is 3.75. The number of fused-ring (bicyclic) bond motifs is 1. The van der Waals surface area contributed by atoms with Crippen LogP contribution in [0.25, 0.3) is 10.9 Å². The molecule has 3 rings (SSSR count). The van der Waals surface area contributed by atoms with Gasteiger partial charge in [-0.2, -0.15) is 0 Å². The minimum absolute atomic E-state index is 0.120.